The molecule has 0 saturated heterocycles. The zero-order valence-electron chi connectivity index (χ0n) is 12.0. The summed E-state index contributed by atoms with van der Waals surface area (Å²) in [6, 6.07) is 11.9. The molecule has 1 aliphatic carbocycles. The summed E-state index contributed by atoms with van der Waals surface area (Å²) < 4.78 is 6.61. The van der Waals surface area contributed by atoms with E-state index in [0.717, 1.165) is 6.04 Å². The van der Waals surface area contributed by atoms with Gasteiger partial charge in [-0.3, -0.25) is 0 Å². The fraction of sp³-hybridized carbons (Fsp3) is 0.625. The summed E-state index contributed by atoms with van der Waals surface area (Å²) >= 11 is 0. The van der Waals surface area contributed by atoms with E-state index in [1.165, 1.54) is 37.7 Å². The van der Waals surface area contributed by atoms with Crippen LogP contribution in [0.15, 0.2) is 30.3 Å². The Morgan fingerprint density at radius 2 is 1.67 bits per heavy atom. The van der Waals surface area contributed by atoms with E-state index in [1.54, 1.807) is 0 Å². The fourth-order valence-corrected chi connectivity index (χ4v) is 6.02. The van der Waals surface area contributed by atoms with Crippen LogP contribution >= 0.6 is 0 Å². The van der Waals surface area contributed by atoms with Crippen molar-refractivity contribution in [2.24, 2.45) is 0 Å². The smallest absolute Gasteiger partial charge is 0.191 e. The van der Waals surface area contributed by atoms with Crippen molar-refractivity contribution in [1.29, 1.82) is 0 Å². The van der Waals surface area contributed by atoms with Gasteiger partial charge in [-0.1, -0.05) is 49.6 Å². The van der Waals surface area contributed by atoms with Crippen molar-refractivity contribution in [3.05, 3.63) is 35.9 Å². The van der Waals surface area contributed by atoms with Gasteiger partial charge in [0.15, 0.2) is 8.32 Å². The molecule has 0 spiro atoms. The van der Waals surface area contributed by atoms with Gasteiger partial charge in [-0.05, 0) is 44.5 Å². The molecule has 1 saturated carbocycles. The average Bonchev–Trinajstić information content (AvgIpc) is 2.29. The highest BCUT2D eigenvalue weighted by Gasteiger charge is 2.35. The zero-order valence-corrected chi connectivity index (χ0v) is 13.0. The van der Waals surface area contributed by atoms with Gasteiger partial charge in [0.05, 0.1) is 5.60 Å². The molecule has 0 unspecified atom stereocenters. The highest BCUT2D eigenvalue weighted by molar-refractivity contribution is 6.70. The molecular formula is C16H26OSi. The van der Waals surface area contributed by atoms with Crippen LogP contribution in [0.2, 0.25) is 13.1 Å². The minimum absolute atomic E-state index is 0.156. The van der Waals surface area contributed by atoms with Crippen LogP contribution in [0.5, 0.6) is 0 Å². The molecule has 0 radical (unpaired) electrons. The average molecular weight is 262 g/mol. The Hall–Kier alpha value is -0.603. The third kappa shape index (κ3) is 3.96. The van der Waals surface area contributed by atoms with Crippen LogP contribution in [0.25, 0.3) is 0 Å². The number of rotatable bonds is 4. The van der Waals surface area contributed by atoms with E-state index in [-0.39, 0.29) is 5.60 Å². The van der Waals surface area contributed by atoms with Crippen LogP contribution in [0.4, 0.5) is 0 Å². The fourth-order valence-electron chi connectivity index (χ4n) is 3.19. The van der Waals surface area contributed by atoms with Gasteiger partial charge in [-0.15, -0.1) is 0 Å². The Morgan fingerprint density at radius 1 is 1.06 bits per heavy atom. The van der Waals surface area contributed by atoms with E-state index >= 15 is 0 Å². The molecule has 0 amide bonds. The van der Waals surface area contributed by atoms with Crippen molar-refractivity contribution in [2.45, 2.75) is 63.8 Å². The molecule has 18 heavy (non-hydrogen) atoms. The van der Waals surface area contributed by atoms with Gasteiger partial charge in [0.2, 0.25) is 0 Å². The quantitative estimate of drug-likeness (QED) is 0.714. The Balaban J connectivity index is 1.98. The number of benzene rings is 1. The molecule has 2 rings (SSSR count). The second-order valence-electron chi connectivity index (χ2n) is 6.53. The molecule has 0 aromatic heterocycles. The van der Waals surface area contributed by atoms with Crippen LogP contribution in [0.1, 0.15) is 44.6 Å². The second kappa shape index (κ2) is 5.58. The molecule has 0 atom stereocenters. The van der Waals surface area contributed by atoms with Crippen LogP contribution in [0.3, 0.4) is 0 Å². The summed E-state index contributed by atoms with van der Waals surface area (Å²) in [5, 5.41) is 0. The molecule has 100 valence electrons. The van der Waals surface area contributed by atoms with Gasteiger partial charge < -0.3 is 4.43 Å². The largest absolute Gasteiger partial charge is 0.412 e. The highest BCUT2D eigenvalue weighted by atomic mass is 28.4. The molecule has 1 aromatic rings. The zero-order chi connectivity index (χ0) is 13.1. The lowest BCUT2D eigenvalue weighted by Gasteiger charge is -2.40. The first-order chi connectivity index (χ1) is 8.49. The highest BCUT2D eigenvalue weighted by Crippen LogP contribution is 2.34. The maximum Gasteiger partial charge on any atom is 0.191 e. The molecular weight excluding hydrogens is 236 g/mol. The Morgan fingerprint density at radius 3 is 2.28 bits per heavy atom. The number of hydrogen-bond donors (Lipinski definition) is 0. The van der Waals surface area contributed by atoms with Gasteiger partial charge >= 0.3 is 0 Å². The number of hydrogen-bond acceptors (Lipinski definition) is 1. The van der Waals surface area contributed by atoms with Crippen molar-refractivity contribution in [3.63, 3.8) is 0 Å². The first-order valence-electron chi connectivity index (χ1n) is 7.23. The lowest BCUT2D eigenvalue weighted by molar-refractivity contribution is 0.0393. The first kappa shape index (κ1) is 13.8. The third-order valence-corrected chi connectivity index (χ3v) is 6.21. The predicted molar refractivity (Wildman–Crippen MR) is 80.2 cm³/mol. The first-order valence-corrected chi connectivity index (χ1v) is 10.3. The molecule has 0 heterocycles. The molecule has 2 heteroatoms. The Kier molecular flexibility index (Phi) is 4.28. The normalized spacial score (nSPS) is 19.7. The van der Waals surface area contributed by atoms with Crippen LogP contribution in [0, 0.1) is 0 Å². The predicted octanol–water partition coefficient (Wildman–Crippen LogP) is 4.71. The Labute approximate surface area is 113 Å². The molecule has 1 aromatic carbocycles. The minimum atomic E-state index is -1.60. The van der Waals surface area contributed by atoms with E-state index in [9.17, 15) is 0 Å². The molecule has 0 N–H and O–H groups in total. The Bertz CT molecular complexity index is 366. The lowest BCUT2D eigenvalue weighted by Crippen LogP contribution is -2.45. The van der Waals surface area contributed by atoms with Crippen LogP contribution in [-0.2, 0) is 10.5 Å². The van der Waals surface area contributed by atoms with Gasteiger partial charge in [0, 0.05) is 0 Å². The van der Waals surface area contributed by atoms with E-state index in [1.807, 2.05) is 0 Å². The van der Waals surface area contributed by atoms with E-state index < -0.39 is 8.32 Å². The van der Waals surface area contributed by atoms with Crippen molar-refractivity contribution < 1.29 is 4.43 Å². The SMILES string of the molecule is CC1(O[Si](C)(C)Cc2ccccc2)CCCCC1. The summed E-state index contributed by atoms with van der Waals surface area (Å²) in [6.45, 7) is 7.05. The molecule has 1 fully saturated rings. The van der Waals surface area contributed by atoms with Gasteiger partial charge in [-0.2, -0.15) is 0 Å². The molecule has 1 nitrogen and oxygen atoms in total. The monoisotopic (exact) mass is 262 g/mol. The lowest BCUT2D eigenvalue weighted by atomic mass is 9.87. The summed E-state index contributed by atoms with van der Waals surface area (Å²) in [5.41, 5.74) is 1.58. The summed E-state index contributed by atoms with van der Waals surface area (Å²) in [5.74, 6) is 0. The maximum absolute atomic E-state index is 6.61. The van der Waals surface area contributed by atoms with Gasteiger partial charge in [-0.25, -0.2) is 0 Å². The van der Waals surface area contributed by atoms with E-state index in [0.29, 0.717) is 0 Å². The van der Waals surface area contributed by atoms with Gasteiger partial charge in [0.1, 0.15) is 0 Å². The maximum atomic E-state index is 6.61. The van der Waals surface area contributed by atoms with Crippen molar-refractivity contribution in [2.75, 3.05) is 0 Å². The van der Waals surface area contributed by atoms with E-state index in [2.05, 4.69) is 50.3 Å². The molecule has 0 aliphatic heterocycles. The van der Waals surface area contributed by atoms with Crippen molar-refractivity contribution in [3.8, 4) is 0 Å². The van der Waals surface area contributed by atoms with Gasteiger partial charge in [0.25, 0.3) is 0 Å². The molecule has 1 aliphatic rings. The van der Waals surface area contributed by atoms with Crippen molar-refractivity contribution >= 4 is 8.32 Å². The minimum Gasteiger partial charge on any atom is -0.412 e. The van der Waals surface area contributed by atoms with Crippen LogP contribution in [-0.4, -0.2) is 13.9 Å². The van der Waals surface area contributed by atoms with E-state index in [4.69, 9.17) is 4.43 Å². The third-order valence-electron chi connectivity index (χ3n) is 3.91. The topological polar surface area (TPSA) is 9.23 Å². The standard InChI is InChI=1S/C16H26OSi/c1-16(12-8-5-9-13-16)17-18(2,3)14-15-10-6-4-7-11-15/h4,6-7,10-11H,5,8-9,12-14H2,1-3H3. The van der Waals surface area contributed by atoms with Crippen LogP contribution < -0.4 is 0 Å². The van der Waals surface area contributed by atoms with Crippen molar-refractivity contribution in [1.82, 2.24) is 0 Å². The summed E-state index contributed by atoms with van der Waals surface area (Å²) in [4.78, 5) is 0. The second-order valence-corrected chi connectivity index (χ2v) is 10.6. The summed E-state index contributed by atoms with van der Waals surface area (Å²) in [6.07, 6.45) is 6.56. The molecule has 0 bridgehead atoms. The summed E-state index contributed by atoms with van der Waals surface area (Å²) in [7, 11) is -1.60.